The lowest BCUT2D eigenvalue weighted by Crippen LogP contribution is -2.07. The van der Waals surface area contributed by atoms with E-state index in [9.17, 15) is 5.11 Å². The Labute approximate surface area is 85.5 Å². The molecule has 1 N–H and O–H groups in total. The van der Waals surface area contributed by atoms with Gasteiger partial charge in [0, 0.05) is 4.47 Å². The average molecular weight is 250 g/mol. The molecule has 2 unspecified atom stereocenters. The second-order valence-electron chi connectivity index (χ2n) is 2.67. The molecule has 0 spiro atoms. The molecule has 12 heavy (non-hydrogen) atoms. The summed E-state index contributed by atoms with van der Waals surface area (Å²) in [4.78, 5) is 0. The normalized spacial score (nSPS) is 15.7. The van der Waals surface area contributed by atoms with E-state index in [1.807, 2.05) is 24.3 Å². The van der Waals surface area contributed by atoms with Gasteiger partial charge in [-0.25, -0.2) is 0 Å². The molecule has 1 rings (SSSR count). The SMILES string of the molecule is CC(Cl)C(O)c1ccc(Br)cc1. The van der Waals surface area contributed by atoms with Crippen molar-refractivity contribution in [3.05, 3.63) is 34.3 Å². The van der Waals surface area contributed by atoms with Crippen molar-refractivity contribution >= 4 is 27.5 Å². The Hall–Kier alpha value is -0.0500. The highest BCUT2D eigenvalue weighted by Gasteiger charge is 2.12. The Bertz CT molecular complexity index is 245. The van der Waals surface area contributed by atoms with Gasteiger partial charge in [0.2, 0.25) is 0 Å². The highest BCUT2D eigenvalue weighted by molar-refractivity contribution is 9.10. The Morgan fingerprint density at radius 3 is 2.25 bits per heavy atom. The number of hydrogen-bond acceptors (Lipinski definition) is 1. The monoisotopic (exact) mass is 248 g/mol. The van der Waals surface area contributed by atoms with Crippen molar-refractivity contribution in [1.82, 2.24) is 0 Å². The van der Waals surface area contributed by atoms with Crippen molar-refractivity contribution < 1.29 is 5.11 Å². The summed E-state index contributed by atoms with van der Waals surface area (Å²) >= 11 is 9.06. The predicted molar refractivity (Wildman–Crippen MR) is 54.4 cm³/mol. The first-order valence-corrected chi connectivity index (χ1v) is 4.92. The minimum absolute atomic E-state index is 0.258. The van der Waals surface area contributed by atoms with E-state index < -0.39 is 6.10 Å². The molecule has 0 radical (unpaired) electrons. The molecule has 0 amide bonds. The van der Waals surface area contributed by atoms with Gasteiger partial charge in [-0.1, -0.05) is 28.1 Å². The Morgan fingerprint density at radius 2 is 1.83 bits per heavy atom. The fourth-order valence-corrected chi connectivity index (χ4v) is 1.33. The molecule has 0 saturated heterocycles. The number of alkyl halides is 1. The summed E-state index contributed by atoms with van der Waals surface area (Å²) in [5.74, 6) is 0. The lowest BCUT2D eigenvalue weighted by molar-refractivity contribution is 0.177. The first kappa shape index (κ1) is 10.0. The maximum absolute atomic E-state index is 9.54. The molecule has 0 aromatic heterocycles. The van der Waals surface area contributed by atoms with Gasteiger partial charge in [0.25, 0.3) is 0 Å². The van der Waals surface area contributed by atoms with Gasteiger partial charge in [-0.05, 0) is 24.6 Å². The molecule has 3 heteroatoms. The van der Waals surface area contributed by atoms with E-state index in [1.54, 1.807) is 6.92 Å². The highest BCUT2D eigenvalue weighted by atomic mass is 79.9. The molecular weight excluding hydrogens is 239 g/mol. The third kappa shape index (κ3) is 2.47. The van der Waals surface area contributed by atoms with E-state index in [2.05, 4.69) is 15.9 Å². The Kier molecular flexibility index (Phi) is 3.56. The van der Waals surface area contributed by atoms with Crippen LogP contribution in [0.4, 0.5) is 0 Å². The van der Waals surface area contributed by atoms with Gasteiger partial charge in [0.15, 0.2) is 0 Å². The summed E-state index contributed by atoms with van der Waals surface area (Å²) in [5.41, 5.74) is 0.848. The van der Waals surface area contributed by atoms with Crippen LogP contribution in [-0.2, 0) is 0 Å². The van der Waals surface area contributed by atoms with Gasteiger partial charge >= 0.3 is 0 Å². The first-order chi connectivity index (χ1) is 5.61. The molecular formula is C9H10BrClO. The van der Waals surface area contributed by atoms with E-state index in [4.69, 9.17) is 11.6 Å². The Morgan fingerprint density at radius 1 is 1.33 bits per heavy atom. The molecule has 0 bridgehead atoms. The van der Waals surface area contributed by atoms with Gasteiger partial charge in [0.05, 0.1) is 11.5 Å². The van der Waals surface area contributed by atoms with Crippen molar-refractivity contribution in [1.29, 1.82) is 0 Å². The van der Waals surface area contributed by atoms with E-state index in [-0.39, 0.29) is 5.38 Å². The maximum atomic E-state index is 9.54. The molecule has 66 valence electrons. The van der Waals surface area contributed by atoms with Crippen molar-refractivity contribution in [2.75, 3.05) is 0 Å². The summed E-state index contributed by atoms with van der Waals surface area (Å²) in [6.07, 6.45) is -0.584. The van der Waals surface area contributed by atoms with Gasteiger partial charge in [-0.2, -0.15) is 0 Å². The third-order valence-corrected chi connectivity index (χ3v) is 2.41. The lowest BCUT2D eigenvalue weighted by Gasteiger charge is -2.12. The zero-order chi connectivity index (χ0) is 9.14. The van der Waals surface area contributed by atoms with Crippen LogP contribution in [0, 0.1) is 0 Å². The first-order valence-electron chi connectivity index (χ1n) is 3.69. The van der Waals surface area contributed by atoms with Crippen LogP contribution in [-0.4, -0.2) is 10.5 Å². The number of benzene rings is 1. The molecule has 2 atom stereocenters. The number of rotatable bonds is 2. The third-order valence-electron chi connectivity index (χ3n) is 1.65. The van der Waals surface area contributed by atoms with E-state index in [0.29, 0.717) is 0 Å². The standard InChI is InChI=1S/C9H10BrClO/c1-6(11)9(12)7-2-4-8(10)5-3-7/h2-6,9,12H,1H3. The molecule has 0 aliphatic heterocycles. The second kappa shape index (κ2) is 4.26. The van der Waals surface area contributed by atoms with Crippen molar-refractivity contribution in [2.45, 2.75) is 18.4 Å². The van der Waals surface area contributed by atoms with Gasteiger partial charge in [0.1, 0.15) is 0 Å². The number of hydrogen-bond donors (Lipinski definition) is 1. The van der Waals surface area contributed by atoms with Crippen LogP contribution in [0.3, 0.4) is 0 Å². The minimum atomic E-state index is -0.584. The summed E-state index contributed by atoms with van der Waals surface area (Å²) in [6, 6.07) is 7.48. The molecule has 0 aliphatic carbocycles. The van der Waals surface area contributed by atoms with Crippen LogP contribution < -0.4 is 0 Å². The number of aliphatic hydroxyl groups excluding tert-OH is 1. The van der Waals surface area contributed by atoms with Crippen LogP contribution >= 0.6 is 27.5 Å². The molecule has 1 aromatic rings. The van der Waals surface area contributed by atoms with Gasteiger partial charge in [-0.15, -0.1) is 11.6 Å². The molecule has 0 aliphatic rings. The summed E-state index contributed by atoms with van der Waals surface area (Å²) in [5, 5.41) is 9.28. The summed E-state index contributed by atoms with van der Waals surface area (Å²) in [7, 11) is 0. The lowest BCUT2D eigenvalue weighted by atomic mass is 10.1. The molecule has 0 fully saturated rings. The number of halogens is 2. The largest absolute Gasteiger partial charge is 0.387 e. The van der Waals surface area contributed by atoms with E-state index >= 15 is 0 Å². The quantitative estimate of drug-likeness (QED) is 0.799. The van der Waals surface area contributed by atoms with Crippen LogP contribution in [0.15, 0.2) is 28.7 Å². The molecule has 0 heterocycles. The fourth-order valence-electron chi connectivity index (χ4n) is 0.925. The van der Waals surface area contributed by atoms with Crippen LogP contribution in [0.25, 0.3) is 0 Å². The molecule has 1 aromatic carbocycles. The van der Waals surface area contributed by atoms with Crippen molar-refractivity contribution in [3.8, 4) is 0 Å². The fraction of sp³-hybridized carbons (Fsp3) is 0.333. The topological polar surface area (TPSA) is 20.2 Å². The van der Waals surface area contributed by atoms with Crippen LogP contribution in [0.2, 0.25) is 0 Å². The summed E-state index contributed by atoms with van der Waals surface area (Å²) < 4.78 is 1.00. The molecule has 1 nitrogen and oxygen atoms in total. The minimum Gasteiger partial charge on any atom is -0.387 e. The van der Waals surface area contributed by atoms with E-state index in [1.165, 1.54) is 0 Å². The Balaban J connectivity index is 2.82. The predicted octanol–water partition coefficient (Wildman–Crippen LogP) is 3.11. The average Bonchev–Trinajstić information content (AvgIpc) is 2.04. The smallest absolute Gasteiger partial charge is 0.0950 e. The number of aliphatic hydroxyl groups is 1. The highest BCUT2D eigenvalue weighted by Crippen LogP contribution is 2.22. The summed E-state index contributed by atoms with van der Waals surface area (Å²) in [6.45, 7) is 1.77. The maximum Gasteiger partial charge on any atom is 0.0950 e. The van der Waals surface area contributed by atoms with Crippen LogP contribution in [0.1, 0.15) is 18.6 Å². The van der Waals surface area contributed by atoms with Crippen molar-refractivity contribution in [2.24, 2.45) is 0 Å². The zero-order valence-electron chi connectivity index (χ0n) is 6.67. The van der Waals surface area contributed by atoms with Gasteiger partial charge in [-0.3, -0.25) is 0 Å². The van der Waals surface area contributed by atoms with Crippen LogP contribution in [0.5, 0.6) is 0 Å². The second-order valence-corrected chi connectivity index (χ2v) is 4.28. The zero-order valence-corrected chi connectivity index (χ0v) is 9.01. The molecule has 0 saturated carbocycles. The van der Waals surface area contributed by atoms with Crippen molar-refractivity contribution in [3.63, 3.8) is 0 Å². The van der Waals surface area contributed by atoms with E-state index in [0.717, 1.165) is 10.0 Å². The van der Waals surface area contributed by atoms with Gasteiger partial charge < -0.3 is 5.11 Å².